The number of imidazole rings is 1. The number of aromatic nitrogens is 3. The van der Waals surface area contributed by atoms with E-state index in [2.05, 4.69) is 21.5 Å². The third-order valence-electron chi connectivity index (χ3n) is 7.15. The number of nitrogens with zero attached hydrogens (tertiary/aromatic N) is 4. The maximum absolute atomic E-state index is 14.0. The molecule has 2 aromatic heterocycles. The third kappa shape index (κ3) is 5.72. The van der Waals surface area contributed by atoms with Crippen LogP contribution in [0.25, 0.3) is 22.2 Å². The number of nitrogens with one attached hydrogen (secondary N) is 1. The maximum Gasteiger partial charge on any atom is 0.419 e. The summed E-state index contributed by atoms with van der Waals surface area (Å²) in [5.41, 5.74) is -3.19. The van der Waals surface area contributed by atoms with Gasteiger partial charge >= 0.3 is 12.4 Å². The number of alkyl halides is 6. The predicted octanol–water partition coefficient (Wildman–Crippen LogP) is 7.01. The van der Waals surface area contributed by atoms with Gasteiger partial charge in [0.1, 0.15) is 5.82 Å². The Labute approximate surface area is 238 Å². The Bertz CT molecular complexity index is 1680. The number of benzene rings is 2. The molecule has 0 aliphatic carbocycles. The Morgan fingerprint density at radius 2 is 1.67 bits per heavy atom. The largest absolute Gasteiger partial charge is 0.419 e. The number of anilines is 2. The van der Waals surface area contributed by atoms with E-state index in [0.717, 1.165) is 24.4 Å². The van der Waals surface area contributed by atoms with E-state index in [1.807, 2.05) is 0 Å². The van der Waals surface area contributed by atoms with E-state index in [9.17, 15) is 44.6 Å². The second kappa shape index (κ2) is 10.8. The van der Waals surface area contributed by atoms with Crippen LogP contribution in [0.3, 0.4) is 0 Å². The number of aromatic amines is 1. The molecule has 1 unspecified atom stereocenters. The molecule has 1 aliphatic rings. The van der Waals surface area contributed by atoms with Gasteiger partial charge in [-0.1, -0.05) is 6.08 Å². The minimum Gasteiger partial charge on any atom is -0.384 e. The zero-order valence-corrected chi connectivity index (χ0v) is 22.2. The number of pyridine rings is 1. The summed E-state index contributed by atoms with van der Waals surface area (Å²) in [4.78, 5) is 14.1. The highest BCUT2D eigenvalue weighted by atomic mass is 19.4. The first kappa shape index (κ1) is 30.2. The quantitative estimate of drug-likeness (QED) is 0.144. The zero-order chi connectivity index (χ0) is 31.4. The van der Waals surface area contributed by atoms with Crippen molar-refractivity contribution < 1.29 is 44.6 Å². The average molecular weight is 616 g/mol. The summed E-state index contributed by atoms with van der Waals surface area (Å²) >= 11 is 0. The van der Waals surface area contributed by atoms with Gasteiger partial charge in [-0.15, -0.1) is 6.58 Å². The number of aliphatic hydroxyl groups excluding tert-OH is 1. The highest BCUT2D eigenvalue weighted by Gasteiger charge is 2.39. The van der Waals surface area contributed by atoms with Gasteiger partial charge in [-0.3, -0.25) is 0 Å². The lowest BCUT2D eigenvalue weighted by Crippen LogP contribution is -2.53. The monoisotopic (exact) mass is 615 g/mol. The lowest BCUT2D eigenvalue weighted by molar-refractivity contribution is -0.138. The smallest absolute Gasteiger partial charge is 0.384 e. The number of aliphatic hydroxyl groups is 1. The van der Waals surface area contributed by atoms with Crippen LogP contribution in [0.2, 0.25) is 0 Å². The molecule has 1 fully saturated rings. The van der Waals surface area contributed by atoms with E-state index >= 15 is 0 Å². The molecule has 4 aromatic rings. The van der Waals surface area contributed by atoms with E-state index in [1.54, 1.807) is 11.8 Å². The van der Waals surface area contributed by atoms with Crippen molar-refractivity contribution in [3.8, 4) is 11.1 Å². The number of piperazine rings is 1. The second-order valence-corrected chi connectivity index (χ2v) is 10.0. The Hall–Kier alpha value is -4.27. The Morgan fingerprint density at radius 1 is 1.00 bits per heavy atom. The number of halogens is 9. The average Bonchev–Trinajstić information content (AvgIpc) is 3.37. The molecule has 2 aromatic carbocycles. The van der Waals surface area contributed by atoms with Crippen molar-refractivity contribution in [2.75, 3.05) is 29.4 Å². The van der Waals surface area contributed by atoms with Crippen molar-refractivity contribution in [1.29, 1.82) is 0 Å². The Morgan fingerprint density at radius 3 is 2.26 bits per heavy atom. The molecule has 43 heavy (non-hydrogen) atoms. The lowest BCUT2D eigenvalue weighted by atomic mass is 10.0. The number of rotatable bonds is 5. The van der Waals surface area contributed by atoms with E-state index in [-0.39, 0.29) is 59.1 Å². The zero-order valence-electron chi connectivity index (χ0n) is 22.2. The SMILES string of the molecule is C=CC(O)c1cnc(N2CCN(c3nc4c(-c5cc(F)c(F)c(F)c5)cc(C(F)(F)F)cc4[nH]3)[C@H](C)C2)c(C(F)(F)F)c1. The topological polar surface area (TPSA) is 68.3 Å². The van der Waals surface area contributed by atoms with Gasteiger partial charge in [0, 0.05) is 43.0 Å². The molecule has 0 amide bonds. The van der Waals surface area contributed by atoms with Crippen LogP contribution in [0.1, 0.15) is 29.7 Å². The summed E-state index contributed by atoms with van der Waals surface area (Å²) in [5, 5.41) is 9.90. The highest BCUT2D eigenvalue weighted by Crippen LogP contribution is 2.40. The molecule has 3 heterocycles. The minimum atomic E-state index is -4.84. The van der Waals surface area contributed by atoms with Gasteiger partial charge in [-0.2, -0.15) is 26.3 Å². The normalized spacial score (nSPS) is 17.0. The van der Waals surface area contributed by atoms with Gasteiger partial charge in [0.2, 0.25) is 5.95 Å². The Balaban J connectivity index is 1.51. The fourth-order valence-corrected chi connectivity index (χ4v) is 5.03. The third-order valence-corrected chi connectivity index (χ3v) is 7.15. The van der Waals surface area contributed by atoms with Crippen LogP contribution in [0.4, 0.5) is 51.3 Å². The van der Waals surface area contributed by atoms with Crippen molar-refractivity contribution in [2.45, 2.75) is 31.4 Å². The van der Waals surface area contributed by atoms with E-state index in [1.165, 1.54) is 4.90 Å². The summed E-state index contributed by atoms with van der Waals surface area (Å²) in [5.74, 6) is -5.27. The summed E-state index contributed by atoms with van der Waals surface area (Å²) in [7, 11) is 0. The molecule has 0 radical (unpaired) electrons. The molecule has 2 atom stereocenters. The van der Waals surface area contributed by atoms with Crippen molar-refractivity contribution in [1.82, 2.24) is 15.0 Å². The number of hydrogen-bond donors (Lipinski definition) is 2. The minimum absolute atomic E-state index is 0.00548. The van der Waals surface area contributed by atoms with Gasteiger partial charge < -0.3 is 19.9 Å². The molecule has 0 spiro atoms. The van der Waals surface area contributed by atoms with Crippen LogP contribution in [0.15, 0.2) is 49.2 Å². The van der Waals surface area contributed by atoms with Crippen LogP contribution < -0.4 is 9.80 Å². The molecule has 0 bridgehead atoms. The van der Waals surface area contributed by atoms with Crippen molar-refractivity contribution >= 4 is 22.8 Å². The Kier molecular flexibility index (Phi) is 7.57. The summed E-state index contributed by atoms with van der Waals surface area (Å²) in [6.07, 6.45) is -8.79. The van der Waals surface area contributed by atoms with E-state index in [4.69, 9.17) is 0 Å². The summed E-state index contributed by atoms with van der Waals surface area (Å²) in [6, 6.07) is 2.80. The first-order valence-electron chi connectivity index (χ1n) is 12.7. The molecular weight excluding hydrogens is 593 g/mol. The first-order valence-corrected chi connectivity index (χ1v) is 12.7. The first-order chi connectivity index (χ1) is 20.1. The van der Waals surface area contributed by atoms with Crippen molar-refractivity contribution in [3.05, 3.63) is 83.3 Å². The summed E-state index contributed by atoms with van der Waals surface area (Å²) < 4.78 is 124. The highest BCUT2D eigenvalue weighted by molar-refractivity contribution is 5.94. The number of fused-ring (bicyclic) bond motifs is 1. The van der Waals surface area contributed by atoms with Gasteiger partial charge in [0.05, 0.1) is 28.3 Å². The molecule has 2 N–H and O–H groups in total. The standard InChI is InChI=1S/C28H22F9N5O/c1-3-22(43)15-6-18(28(35,36)37)25(38-11-15)41-4-5-42(13(2)12-41)26-39-21-10-16(27(32,33)34)9-17(24(21)40-26)14-7-19(29)23(31)20(30)8-14/h3,6-11,13,22,43H,1,4-5,12H2,2H3,(H,39,40)/t13-,22?/m1/s1. The summed E-state index contributed by atoms with van der Waals surface area (Å²) in [6.45, 7) is 5.11. The van der Waals surface area contributed by atoms with E-state index in [0.29, 0.717) is 18.2 Å². The van der Waals surface area contributed by atoms with E-state index < -0.39 is 53.1 Å². The molecule has 0 saturated carbocycles. The lowest BCUT2D eigenvalue weighted by Gasteiger charge is -2.41. The van der Waals surface area contributed by atoms with Gasteiger partial charge in [0.25, 0.3) is 0 Å². The fourth-order valence-electron chi connectivity index (χ4n) is 5.03. The molecule has 1 aliphatic heterocycles. The molecule has 228 valence electrons. The number of H-pyrrole nitrogens is 1. The maximum atomic E-state index is 14.0. The fraction of sp³-hybridized carbons (Fsp3) is 0.286. The number of hydrogen-bond acceptors (Lipinski definition) is 5. The van der Waals surface area contributed by atoms with Crippen LogP contribution in [-0.4, -0.2) is 45.7 Å². The van der Waals surface area contributed by atoms with Gasteiger partial charge in [0.15, 0.2) is 17.5 Å². The van der Waals surface area contributed by atoms with Crippen LogP contribution >= 0.6 is 0 Å². The second-order valence-electron chi connectivity index (χ2n) is 10.0. The van der Waals surface area contributed by atoms with Gasteiger partial charge in [-0.05, 0) is 42.8 Å². The molecular formula is C28H22F9N5O. The molecule has 15 heteroatoms. The van der Waals surface area contributed by atoms with Crippen molar-refractivity contribution in [3.63, 3.8) is 0 Å². The molecule has 5 rings (SSSR count). The molecule has 1 saturated heterocycles. The predicted molar refractivity (Wildman–Crippen MR) is 140 cm³/mol. The van der Waals surface area contributed by atoms with Crippen molar-refractivity contribution in [2.24, 2.45) is 0 Å². The van der Waals surface area contributed by atoms with Crippen LogP contribution in [-0.2, 0) is 12.4 Å². The van der Waals surface area contributed by atoms with Crippen LogP contribution in [0.5, 0.6) is 0 Å². The van der Waals surface area contributed by atoms with Gasteiger partial charge in [-0.25, -0.2) is 23.1 Å². The molecule has 6 nitrogen and oxygen atoms in total. The van der Waals surface area contributed by atoms with Crippen LogP contribution in [0, 0.1) is 17.5 Å².